The fourth-order valence-corrected chi connectivity index (χ4v) is 4.51. The molecule has 2 N–H and O–H groups in total. The summed E-state index contributed by atoms with van der Waals surface area (Å²) in [6.07, 6.45) is 4.40. The topological polar surface area (TPSA) is 71.8 Å². The molecule has 1 atom stereocenters. The van der Waals surface area contributed by atoms with Gasteiger partial charge in [0.15, 0.2) is 5.65 Å². The van der Waals surface area contributed by atoms with E-state index in [1.807, 2.05) is 55.5 Å². The number of aromatic nitrogens is 3. The highest BCUT2D eigenvalue weighted by Gasteiger charge is 2.21. The number of benzene rings is 2. The number of carbonyl (C=O) groups excluding carboxylic acids is 1. The number of imidazole rings is 1. The number of hydrogen-bond acceptors (Lipinski definition) is 4. The minimum Gasteiger partial charge on any atom is -0.379 e. The molecular formula is C27H29N5O. The minimum absolute atomic E-state index is 0.155. The third-order valence-electron chi connectivity index (χ3n) is 6.26. The number of nitrogens with zero attached hydrogens (tertiary/aromatic N) is 3. The van der Waals surface area contributed by atoms with Crippen molar-refractivity contribution in [1.82, 2.24) is 14.5 Å². The van der Waals surface area contributed by atoms with Crippen LogP contribution in [0.15, 0.2) is 60.7 Å². The van der Waals surface area contributed by atoms with E-state index in [1.165, 1.54) is 12.0 Å². The van der Waals surface area contributed by atoms with Crippen molar-refractivity contribution in [2.24, 2.45) is 0 Å². The van der Waals surface area contributed by atoms with Crippen molar-refractivity contribution in [3.8, 4) is 0 Å². The third-order valence-corrected chi connectivity index (χ3v) is 6.26. The monoisotopic (exact) mass is 439 g/mol. The molecule has 0 radical (unpaired) electrons. The zero-order valence-electron chi connectivity index (χ0n) is 19.1. The Labute approximate surface area is 194 Å². The number of aryl methyl sites for hydroxylation is 3. The molecule has 3 heterocycles. The van der Waals surface area contributed by atoms with E-state index in [1.54, 1.807) is 0 Å². The Balaban J connectivity index is 1.34. The Morgan fingerprint density at radius 2 is 1.73 bits per heavy atom. The van der Waals surface area contributed by atoms with E-state index < -0.39 is 0 Å². The van der Waals surface area contributed by atoms with Crippen molar-refractivity contribution in [2.75, 3.05) is 10.6 Å². The summed E-state index contributed by atoms with van der Waals surface area (Å²) in [5.74, 6) is 0.884. The van der Waals surface area contributed by atoms with Crippen LogP contribution in [0.5, 0.6) is 0 Å². The number of fused-ring (bicyclic) bond motifs is 3. The van der Waals surface area contributed by atoms with E-state index in [0.717, 1.165) is 54.3 Å². The first-order valence-electron chi connectivity index (χ1n) is 11.7. The summed E-state index contributed by atoms with van der Waals surface area (Å²) < 4.78 is 2.19. The van der Waals surface area contributed by atoms with Crippen LogP contribution in [0.3, 0.4) is 0 Å². The standard InChI is InChI=1S/C27H29N5O/c1-18-17-23(25-26(28-18)32-16-8-4-7-11-24(32)31-25)27(33)30-22-14-12-21(13-15-22)29-19(2)20-9-5-3-6-10-20/h3,5-6,9-10,12-15,17,19,29H,4,7-8,11,16H2,1-2H3,(H,30,33). The highest BCUT2D eigenvalue weighted by atomic mass is 16.1. The summed E-state index contributed by atoms with van der Waals surface area (Å²) in [4.78, 5) is 22.7. The summed E-state index contributed by atoms with van der Waals surface area (Å²) in [6, 6.07) is 20.2. The molecule has 2 aromatic heterocycles. The van der Waals surface area contributed by atoms with Gasteiger partial charge in [-0.1, -0.05) is 36.8 Å². The lowest BCUT2D eigenvalue weighted by Crippen LogP contribution is -2.13. The van der Waals surface area contributed by atoms with E-state index in [2.05, 4.69) is 34.3 Å². The van der Waals surface area contributed by atoms with Crippen LogP contribution in [0.2, 0.25) is 0 Å². The molecule has 0 saturated heterocycles. The molecule has 0 fully saturated rings. The lowest BCUT2D eigenvalue weighted by atomic mass is 10.1. The van der Waals surface area contributed by atoms with Crippen LogP contribution in [0.25, 0.3) is 11.2 Å². The van der Waals surface area contributed by atoms with Crippen molar-refractivity contribution in [3.63, 3.8) is 0 Å². The Morgan fingerprint density at radius 3 is 2.52 bits per heavy atom. The molecule has 1 unspecified atom stereocenters. The normalized spacial score (nSPS) is 14.4. The quantitative estimate of drug-likeness (QED) is 0.407. The second-order valence-corrected chi connectivity index (χ2v) is 8.78. The molecule has 1 amide bonds. The average Bonchev–Trinajstić information content (AvgIpc) is 3.00. The number of rotatable bonds is 5. The van der Waals surface area contributed by atoms with Crippen LogP contribution in [0.4, 0.5) is 11.4 Å². The van der Waals surface area contributed by atoms with E-state index in [4.69, 9.17) is 9.97 Å². The second kappa shape index (κ2) is 9.06. The summed E-state index contributed by atoms with van der Waals surface area (Å²) in [5, 5.41) is 6.54. The Kier molecular flexibility index (Phi) is 5.82. The second-order valence-electron chi connectivity index (χ2n) is 8.78. The molecule has 1 aliphatic heterocycles. The number of amides is 1. The first kappa shape index (κ1) is 21.2. The Bertz CT molecular complexity index is 1280. The van der Waals surface area contributed by atoms with Crippen LogP contribution in [-0.2, 0) is 13.0 Å². The molecular weight excluding hydrogens is 410 g/mol. The smallest absolute Gasteiger partial charge is 0.258 e. The van der Waals surface area contributed by atoms with Gasteiger partial charge >= 0.3 is 0 Å². The van der Waals surface area contributed by atoms with Gasteiger partial charge in [-0.2, -0.15) is 0 Å². The average molecular weight is 440 g/mol. The van der Waals surface area contributed by atoms with Gasteiger partial charge in [-0.15, -0.1) is 0 Å². The van der Waals surface area contributed by atoms with Crippen molar-refractivity contribution >= 4 is 28.4 Å². The fraction of sp³-hybridized carbons (Fsp3) is 0.296. The van der Waals surface area contributed by atoms with Gasteiger partial charge < -0.3 is 15.2 Å². The zero-order valence-corrected chi connectivity index (χ0v) is 19.1. The lowest BCUT2D eigenvalue weighted by Gasteiger charge is -2.16. The van der Waals surface area contributed by atoms with Gasteiger partial charge in [-0.25, -0.2) is 9.97 Å². The van der Waals surface area contributed by atoms with Gasteiger partial charge in [0.2, 0.25) is 0 Å². The van der Waals surface area contributed by atoms with Crippen LogP contribution in [0, 0.1) is 6.92 Å². The van der Waals surface area contributed by atoms with Crippen molar-refractivity contribution in [3.05, 3.63) is 83.3 Å². The first-order chi connectivity index (χ1) is 16.1. The molecule has 1 aliphatic rings. The SMILES string of the molecule is Cc1cc(C(=O)Nc2ccc(NC(C)c3ccccc3)cc2)c2nc3n(c2n1)CCCCC3. The molecule has 6 heteroatoms. The largest absolute Gasteiger partial charge is 0.379 e. The predicted molar refractivity (Wildman–Crippen MR) is 133 cm³/mol. The highest BCUT2D eigenvalue weighted by Crippen LogP contribution is 2.25. The van der Waals surface area contributed by atoms with E-state index in [9.17, 15) is 4.79 Å². The van der Waals surface area contributed by atoms with Crippen LogP contribution < -0.4 is 10.6 Å². The maximum atomic E-state index is 13.2. The molecule has 6 nitrogen and oxygen atoms in total. The molecule has 0 saturated carbocycles. The summed E-state index contributed by atoms with van der Waals surface area (Å²) >= 11 is 0. The van der Waals surface area contributed by atoms with Crippen LogP contribution >= 0.6 is 0 Å². The summed E-state index contributed by atoms with van der Waals surface area (Å²) in [5.41, 5.74) is 5.92. The molecule has 33 heavy (non-hydrogen) atoms. The van der Waals surface area contributed by atoms with E-state index >= 15 is 0 Å². The molecule has 0 aliphatic carbocycles. The van der Waals surface area contributed by atoms with Crippen molar-refractivity contribution in [1.29, 1.82) is 0 Å². The van der Waals surface area contributed by atoms with Crippen molar-refractivity contribution < 1.29 is 4.79 Å². The molecule has 4 aromatic rings. The third kappa shape index (κ3) is 4.46. The fourth-order valence-electron chi connectivity index (χ4n) is 4.51. The summed E-state index contributed by atoms with van der Waals surface area (Å²) in [6.45, 7) is 4.98. The van der Waals surface area contributed by atoms with E-state index in [0.29, 0.717) is 11.1 Å². The molecule has 5 rings (SSSR count). The van der Waals surface area contributed by atoms with Gasteiger partial charge in [0.05, 0.1) is 5.56 Å². The number of hydrogen-bond donors (Lipinski definition) is 2. The van der Waals surface area contributed by atoms with Gasteiger partial charge in [0, 0.05) is 36.1 Å². The van der Waals surface area contributed by atoms with Crippen LogP contribution in [0.1, 0.15) is 59.7 Å². The van der Waals surface area contributed by atoms with E-state index in [-0.39, 0.29) is 11.9 Å². The summed E-state index contributed by atoms with van der Waals surface area (Å²) in [7, 11) is 0. The molecule has 2 aromatic carbocycles. The first-order valence-corrected chi connectivity index (χ1v) is 11.7. The highest BCUT2D eigenvalue weighted by molar-refractivity contribution is 6.11. The lowest BCUT2D eigenvalue weighted by molar-refractivity contribution is 0.102. The number of nitrogens with one attached hydrogen (secondary N) is 2. The Morgan fingerprint density at radius 1 is 0.970 bits per heavy atom. The maximum absolute atomic E-state index is 13.2. The van der Waals surface area contributed by atoms with Gasteiger partial charge in [-0.3, -0.25) is 4.79 Å². The van der Waals surface area contributed by atoms with Gasteiger partial charge in [0.1, 0.15) is 11.3 Å². The van der Waals surface area contributed by atoms with Gasteiger partial charge in [-0.05, 0) is 62.6 Å². The Hall–Kier alpha value is -3.67. The number of carbonyl (C=O) groups is 1. The zero-order chi connectivity index (χ0) is 22.8. The van der Waals surface area contributed by atoms with Gasteiger partial charge in [0.25, 0.3) is 5.91 Å². The van der Waals surface area contributed by atoms with Crippen molar-refractivity contribution in [2.45, 2.75) is 52.1 Å². The number of anilines is 2. The molecule has 168 valence electrons. The van der Waals surface area contributed by atoms with Crippen LogP contribution in [-0.4, -0.2) is 20.4 Å². The molecule has 0 spiro atoms. The number of pyridine rings is 1. The maximum Gasteiger partial charge on any atom is 0.258 e. The predicted octanol–water partition coefficient (Wildman–Crippen LogP) is 5.89. The molecule has 0 bridgehead atoms. The minimum atomic E-state index is -0.155.